The van der Waals surface area contributed by atoms with Gasteiger partial charge in [-0.25, -0.2) is 14.8 Å². The summed E-state index contributed by atoms with van der Waals surface area (Å²) in [7, 11) is 0. The minimum Gasteiger partial charge on any atom is -0.475 e. The van der Waals surface area contributed by atoms with E-state index in [1.807, 2.05) is 18.2 Å². The zero-order chi connectivity index (χ0) is 21.0. The Morgan fingerprint density at radius 3 is 2.84 bits per heavy atom. The highest BCUT2D eigenvalue weighted by molar-refractivity contribution is 5.68. The summed E-state index contributed by atoms with van der Waals surface area (Å²) in [5, 5.41) is 0. The molecule has 3 aromatic rings. The second-order valence-electron chi connectivity index (χ2n) is 7.29. The van der Waals surface area contributed by atoms with Gasteiger partial charge in [-0.05, 0) is 24.1 Å². The van der Waals surface area contributed by atoms with Crippen molar-refractivity contribution in [1.29, 1.82) is 0 Å². The Balaban J connectivity index is 1.40. The molecular formula is C23H20N4O4. The number of nitrogens with zero attached hydrogens (tertiary/aromatic N) is 4. The highest BCUT2D eigenvalue weighted by Crippen LogP contribution is 2.30. The third kappa shape index (κ3) is 4.33. The summed E-state index contributed by atoms with van der Waals surface area (Å²) in [5.74, 6) is 6.52. The topological polar surface area (TPSA) is 88.4 Å². The molecule has 0 N–H and O–H groups in total. The van der Waals surface area contributed by atoms with E-state index in [1.54, 1.807) is 17.0 Å². The lowest BCUT2D eigenvalue weighted by atomic mass is 9.95. The molecule has 1 fully saturated rings. The molecule has 4 heterocycles. The molecule has 1 atom stereocenters. The first kappa shape index (κ1) is 19.4. The van der Waals surface area contributed by atoms with E-state index in [1.165, 1.54) is 6.33 Å². The zero-order valence-electron chi connectivity index (χ0n) is 16.8. The van der Waals surface area contributed by atoms with Gasteiger partial charge in [-0.15, -0.1) is 0 Å². The summed E-state index contributed by atoms with van der Waals surface area (Å²) < 4.78 is 18.4. The fourth-order valence-corrected chi connectivity index (χ4v) is 3.68. The lowest BCUT2D eigenvalue weighted by Crippen LogP contribution is -2.34. The molecule has 0 amide bonds. The van der Waals surface area contributed by atoms with Gasteiger partial charge in [0.2, 0.25) is 5.88 Å². The number of hydrogen-bond acceptors (Lipinski definition) is 7. The molecule has 2 aromatic heterocycles. The van der Waals surface area contributed by atoms with Gasteiger partial charge in [0.15, 0.2) is 0 Å². The van der Waals surface area contributed by atoms with Crippen molar-refractivity contribution in [2.45, 2.75) is 19.1 Å². The Hall–Kier alpha value is -3.54. The maximum absolute atomic E-state index is 12.6. The van der Waals surface area contributed by atoms with Crippen LogP contribution in [0.2, 0.25) is 0 Å². The molecule has 1 unspecified atom stereocenters. The summed E-state index contributed by atoms with van der Waals surface area (Å²) in [5.41, 5.74) is 4.27. The predicted molar refractivity (Wildman–Crippen MR) is 112 cm³/mol. The molecule has 0 radical (unpaired) electrons. The molecule has 31 heavy (non-hydrogen) atoms. The van der Waals surface area contributed by atoms with Crippen LogP contribution in [-0.4, -0.2) is 52.1 Å². The smallest absolute Gasteiger partial charge is 0.351 e. The fourth-order valence-electron chi connectivity index (χ4n) is 3.68. The Kier molecular flexibility index (Phi) is 5.44. The molecule has 1 aromatic carbocycles. The van der Waals surface area contributed by atoms with Gasteiger partial charge in [0.1, 0.15) is 19.0 Å². The van der Waals surface area contributed by atoms with Crippen molar-refractivity contribution in [1.82, 2.24) is 19.5 Å². The van der Waals surface area contributed by atoms with E-state index in [-0.39, 0.29) is 11.8 Å². The largest absolute Gasteiger partial charge is 0.475 e. The Bertz CT molecular complexity index is 1210. The summed E-state index contributed by atoms with van der Waals surface area (Å²) in [6, 6.07) is 7.82. The van der Waals surface area contributed by atoms with Crippen LogP contribution in [0.5, 0.6) is 5.88 Å². The average molecular weight is 416 g/mol. The van der Waals surface area contributed by atoms with Gasteiger partial charge < -0.3 is 14.2 Å². The van der Waals surface area contributed by atoms with E-state index in [4.69, 9.17) is 14.2 Å². The second-order valence-corrected chi connectivity index (χ2v) is 7.29. The van der Waals surface area contributed by atoms with Gasteiger partial charge in [-0.2, -0.15) is 4.98 Å². The third-order valence-electron chi connectivity index (χ3n) is 5.19. The van der Waals surface area contributed by atoms with Crippen molar-refractivity contribution in [3.8, 4) is 29.0 Å². The minimum absolute atomic E-state index is 0.155. The van der Waals surface area contributed by atoms with Crippen LogP contribution in [0, 0.1) is 11.8 Å². The molecular weight excluding hydrogens is 396 g/mol. The normalized spacial score (nSPS) is 17.1. The fraction of sp³-hybridized carbons (Fsp3) is 0.304. The van der Waals surface area contributed by atoms with Gasteiger partial charge in [0, 0.05) is 36.1 Å². The van der Waals surface area contributed by atoms with Gasteiger partial charge >= 0.3 is 5.69 Å². The van der Waals surface area contributed by atoms with E-state index in [2.05, 4.69) is 32.9 Å². The van der Waals surface area contributed by atoms with Crippen molar-refractivity contribution >= 4 is 0 Å². The van der Waals surface area contributed by atoms with Crippen LogP contribution in [0.25, 0.3) is 11.3 Å². The van der Waals surface area contributed by atoms with E-state index >= 15 is 0 Å². The van der Waals surface area contributed by atoms with Crippen LogP contribution in [0.1, 0.15) is 16.7 Å². The molecule has 156 valence electrons. The van der Waals surface area contributed by atoms with Crippen molar-refractivity contribution in [3.63, 3.8) is 0 Å². The molecule has 8 nitrogen and oxygen atoms in total. The molecule has 0 aliphatic carbocycles. The quantitative estimate of drug-likeness (QED) is 0.597. The van der Waals surface area contributed by atoms with Crippen LogP contribution in [0.15, 0.2) is 47.8 Å². The molecule has 8 heteroatoms. The lowest BCUT2D eigenvalue weighted by Gasteiger charge is -2.24. The van der Waals surface area contributed by atoms with Crippen LogP contribution >= 0.6 is 0 Å². The van der Waals surface area contributed by atoms with Crippen LogP contribution in [0.4, 0.5) is 0 Å². The Morgan fingerprint density at radius 1 is 1.13 bits per heavy atom. The molecule has 0 saturated carbocycles. The average Bonchev–Trinajstić information content (AvgIpc) is 2.82. The Labute approximate surface area is 178 Å². The maximum Gasteiger partial charge on any atom is 0.351 e. The van der Waals surface area contributed by atoms with Gasteiger partial charge in [-0.1, -0.05) is 17.9 Å². The summed E-state index contributed by atoms with van der Waals surface area (Å²) in [4.78, 5) is 24.6. The number of aryl methyl sites for hydroxylation is 1. The molecule has 5 rings (SSSR count). The number of rotatable bonds is 3. The standard InChI is InChI=1S/C23H20N4O4/c28-23-26-22(31-14-19-13-29-7-8-30-19)10-21-20-4-3-16(9-18(20)5-6-27(21)23)1-2-17-11-24-15-25-12-17/h3-4,9-12,15,19H,5-8,13-14H2. The van der Waals surface area contributed by atoms with Crippen LogP contribution in [-0.2, 0) is 22.4 Å². The number of fused-ring (bicyclic) bond motifs is 3. The summed E-state index contributed by atoms with van der Waals surface area (Å²) in [6.45, 7) is 2.48. The van der Waals surface area contributed by atoms with E-state index < -0.39 is 0 Å². The SMILES string of the molecule is O=c1nc(OCC2COCCO2)cc2n1CCc1cc(C#Cc3cncnc3)ccc1-2. The van der Waals surface area contributed by atoms with E-state index in [0.717, 1.165) is 34.4 Å². The molecule has 2 aliphatic heterocycles. The summed E-state index contributed by atoms with van der Waals surface area (Å²) >= 11 is 0. The molecule has 0 bridgehead atoms. The van der Waals surface area contributed by atoms with Gasteiger partial charge in [-0.3, -0.25) is 4.57 Å². The third-order valence-corrected chi connectivity index (χ3v) is 5.19. The maximum atomic E-state index is 12.6. The van der Waals surface area contributed by atoms with Crippen molar-refractivity contribution in [3.05, 3.63) is 70.2 Å². The first-order chi connectivity index (χ1) is 15.3. The van der Waals surface area contributed by atoms with E-state index in [9.17, 15) is 4.79 Å². The zero-order valence-corrected chi connectivity index (χ0v) is 16.8. The molecule has 1 saturated heterocycles. The highest BCUT2D eigenvalue weighted by Gasteiger charge is 2.20. The highest BCUT2D eigenvalue weighted by atomic mass is 16.6. The molecule has 2 aliphatic rings. The Morgan fingerprint density at radius 2 is 2.00 bits per heavy atom. The molecule has 0 spiro atoms. The van der Waals surface area contributed by atoms with Crippen molar-refractivity contribution in [2.75, 3.05) is 26.4 Å². The number of hydrogen-bond donors (Lipinski definition) is 0. The first-order valence-corrected chi connectivity index (χ1v) is 10.1. The van der Waals surface area contributed by atoms with E-state index in [0.29, 0.717) is 38.9 Å². The first-order valence-electron chi connectivity index (χ1n) is 10.1. The van der Waals surface area contributed by atoms with Crippen LogP contribution in [0.3, 0.4) is 0 Å². The van der Waals surface area contributed by atoms with Gasteiger partial charge in [0.05, 0.1) is 31.1 Å². The monoisotopic (exact) mass is 416 g/mol. The second kappa shape index (κ2) is 8.68. The van der Waals surface area contributed by atoms with Gasteiger partial charge in [0.25, 0.3) is 0 Å². The lowest BCUT2D eigenvalue weighted by molar-refractivity contribution is -0.102. The summed E-state index contributed by atoms with van der Waals surface area (Å²) in [6.07, 6.45) is 5.42. The number of aromatic nitrogens is 4. The van der Waals surface area contributed by atoms with Crippen molar-refractivity contribution in [2.24, 2.45) is 0 Å². The number of ether oxygens (including phenoxy) is 3. The number of benzene rings is 1. The minimum atomic E-state index is -0.313. The van der Waals surface area contributed by atoms with Crippen LogP contribution < -0.4 is 10.4 Å². The predicted octanol–water partition coefficient (Wildman–Crippen LogP) is 1.45. The van der Waals surface area contributed by atoms with Crippen molar-refractivity contribution < 1.29 is 14.2 Å².